The van der Waals surface area contributed by atoms with Crippen molar-refractivity contribution in [2.45, 2.75) is 6.92 Å². The van der Waals surface area contributed by atoms with Crippen molar-refractivity contribution in [3.63, 3.8) is 0 Å². The normalized spacial score (nSPS) is 11.2. The van der Waals surface area contributed by atoms with Gasteiger partial charge in [-0.05, 0) is 60.5 Å². The number of carbonyl (C=O) groups is 1. The number of halogens is 1. The Morgan fingerprint density at radius 2 is 1.86 bits per heavy atom. The zero-order valence-electron chi connectivity index (χ0n) is 15.1. The van der Waals surface area contributed by atoms with Crippen molar-refractivity contribution in [2.24, 2.45) is 0 Å². The first-order chi connectivity index (χ1) is 13.6. The van der Waals surface area contributed by atoms with Crippen LogP contribution < -0.4 is 5.32 Å². The maximum Gasteiger partial charge on any atom is 0.248 e. The van der Waals surface area contributed by atoms with Gasteiger partial charge in [0.05, 0.1) is 0 Å². The van der Waals surface area contributed by atoms with Crippen molar-refractivity contribution in [1.29, 1.82) is 0 Å². The highest BCUT2D eigenvalue weighted by Gasteiger charge is 2.10. The number of nitrogens with one attached hydrogen (secondary N) is 1. The van der Waals surface area contributed by atoms with Crippen LogP contribution in [0.1, 0.15) is 11.1 Å². The fourth-order valence-electron chi connectivity index (χ4n) is 2.81. The van der Waals surface area contributed by atoms with Gasteiger partial charge in [0, 0.05) is 22.3 Å². The number of aromatic nitrogens is 1. The van der Waals surface area contributed by atoms with Crippen LogP contribution in [0.25, 0.3) is 28.6 Å². The average molecular weight is 389 g/mol. The summed E-state index contributed by atoms with van der Waals surface area (Å²) in [5.41, 5.74) is 4.90. The first-order valence-electron chi connectivity index (χ1n) is 8.80. The van der Waals surface area contributed by atoms with E-state index in [-0.39, 0.29) is 5.91 Å². The second-order valence-electron chi connectivity index (χ2n) is 6.39. The molecule has 0 saturated heterocycles. The summed E-state index contributed by atoms with van der Waals surface area (Å²) >= 11 is 5.87. The molecule has 5 heteroatoms. The quantitative estimate of drug-likeness (QED) is 0.429. The van der Waals surface area contributed by atoms with Crippen molar-refractivity contribution in [2.75, 3.05) is 5.32 Å². The lowest BCUT2D eigenvalue weighted by atomic mass is 10.1. The molecule has 0 aliphatic carbocycles. The number of anilines is 1. The maximum atomic E-state index is 12.3. The molecule has 1 N–H and O–H groups in total. The molecule has 0 unspecified atom stereocenters. The standard InChI is InChI=1S/C23H17ClN2O2/c1-15-6-10-17(23-26-19-4-2-3-5-21(19)28-23)14-20(15)25-22(27)13-9-16-7-11-18(24)12-8-16/h2-14H,1H3,(H,25,27)/b13-9+. The summed E-state index contributed by atoms with van der Waals surface area (Å²) in [4.78, 5) is 16.8. The monoisotopic (exact) mass is 388 g/mol. The van der Waals surface area contributed by atoms with Crippen molar-refractivity contribution in [3.05, 3.63) is 89.0 Å². The molecule has 1 aromatic heterocycles. The smallest absolute Gasteiger partial charge is 0.248 e. The molecule has 138 valence electrons. The highest BCUT2D eigenvalue weighted by molar-refractivity contribution is 6.30. The van der Waals surface area contributed by atoms with Crippen LogP contribution in [0.2, 0.25) is 5.02 Å². The molecule has 0 atom stereocenters. The molecule has 4 rings (SSSR count). The minimum atomic E-state index is -0.215. The number of nitrogens with zero attached hydrogens (tertiary/aromatic N) is 1. The molecule has 4 aromatic rings. The summed E-state index contributed by atoms with van der Waals surface area (Å²) in [5, 5.41) is 3.57. The fraction of sp³-hybridized carbons (Fsp3) is 0.0435. The minimum absolute atomic E-state index is 0.215. The van der Waals surface area contributed by atoms with Crippen LogP contribution in [0, 0.1) is 6.92 Å². The Balaban J connectivity index is 1.55. The van der Waals surface area contributed by atoms with Gasteiger partial charge < -0.3 is 9.73 Å². The molecular formula is C23H17ClN2O2. The number of hydrogen-bond donors (Lipinski definition) is 1. The Hall–Kier alpha value is -3.37. The lowest BCUT2D eigenvalue weighted by molar-refractivity contribution is -0.111. The molecule has 0 aliphatic rings. The van der Waals surface area contributed by atoms with E-state index in [1.165, 1.54) is 6.08 Å². The number of aryl methyl sites for hydroxylation is 1. The lowest BCUT2D eigenvalue weighted by Crippen LogP contribution is -2.09. The molecule has 4 nitrogen and oxygen atoms in total. The van der Waals surface area contributed by atoms with E-state index in [1.54, 1.807) is 18.2 Å². The summed E-state index contributed by atoms with van der Waals surface area (Å²) in [7, 11) is 0. The van der Waals surface area contributed by atoms with Crippen LogP contribution in [0.15, 0.2) is 77.2 Å². The van der Waals surface area contributed by atoms with E-state index in [9.17, 15) is 4.79 Å². The van der Waals surface area contributed by atoms with Gasteiger partial charge in [-0.1, -0.05) is 41.9 Å². The first kappa shape index (κ1) is 18.0. The van der Waals surface area contributed by atoms with Gasteiger partial charge in [0.25, 0.3) is 0 Å². The molecule has 0 fully saturated rings. The number of para-hydroxylation sites is 2. The average Bonchev–Trinajstić information content (AvgIpc) is 3.13. The second-order valence-corrected chi connectivity index (χ2v) is 6.83. The van der Waals surface area contributed by atoms with Gasteiger partial charge in [-0.15, -0.1) is 0 Å². The molecule has 0 aliphatic heterocycles. The van der Waals surface area contributed by atoms with Crippen LogP contribution in [-0.2, 0) is 4.79 Å². The van der Waals surface area contributed by atoms with Crippen LogP contribution in [0.4, 0.5) is 5.69 Å². The van der Waals surface area contributed by atoms with E-state index in [0.29, 0.717) is 16.6 Å². The number of oxazole rings is 1. The Kier molecular flexibility index (Phi) is 4.96. The van der Waals surface area contributed by atoms with Crippen LogP contribution in [0.3, 0.4) is 0 Å². The van der Waals surface area contributed by atoms with E-state index >= 15 is 0 Å². The first-order valence-corrected chi connectivity index (χ1v) is 9.17. The van der Waals surface area contributed by atoms with Crippen molar-refractivity contribution in [3.8, 4) is 11.5 Å². The van der Waals surface area contributed by atoms with Gasteiger partial charge in [-0.2, -0.15) is 0 Å². The van der Waals surface area contributed by atoms with Crippen molar-refractivity contribution >= 4 is 40.4 Å². The van der Waals surface area contributed by atoms with E-state index in [0.717, 1.165) is 27.8 Å². The Bertz CT molecular complexity index is 1140. The molecule has 1 heterocycles. The number of rotatable bonds is 4. The van der Waals surface area contributed by atoms with Crippen molar-refractivity contribution < 1.29 is 9.21 Å². The van der Waals surface area contributed by atoms with Gasteiger partial charge in [-0.25, -0.2) is 4.98 Å². The zero-order chi connectivity index (χ0) is 19.5. The third-order valence-electron chi connectivity index (χ3n) is 4.33. The largest absolute Gasteiger partial charge is 0.436 e. The maximum absolute atomic E-state index is 12.3. The number of amides is 1. The Morgan fingerprint density at radius 1 is 1.07 bits per heavy atom. The second kappa shape index (κ2) is 7.71. The van der Waals surface area contributed by atoms with Crippen LogP contribution >= 0.6 is 11.6 Å². The fourth-order valence-corrected chi connectivity index (χ4v) is 2.93. The number of carbonyl (C=O) groups excluding carboxylic acids is 1. The van der Waals surface area contributed by atoms with Gasteiger partial charge >= 0.3 is 0 Å². The predicted octanol–water partition coefficient (Wildman–Crippen LogP) is 6.11. The molecular weight excluding hydrogens is 372 g/mol. The topological polar surface area (TPSA) is 55.1 Å². The minimum Gasteiger partial charge on any atom is -0.436 e. The zero-order valence-corrected chi connectivity index (χ0v) is 15.9. The summed E-state index contributed by atoms with van der Waals surface area (Å²) < 4.78 is 5.82. The molecule has 3 aromatic carbocycles. The molecule has 0 radical (unpaired) electrons. The van der Waals surface area contributed by atoms with E-state index in [4.69, 9.17) is 16.0 Å². The third kappa shape index (κ3) is 3.97. The van der Waals surface area contributed by atoms with Crippen LogP contribution in [0.5, 0.6) is 0 Å². The third-order valence-corrected chi connectivity index (χ3v) is 4.59. The molecule has 0 bridgehead atoms. The number of fused-ring (bicyclic) bond motifs is 1. The summed E-state index contributed by atoms with van der Waals surface area (Å²) in [5.74, 6) is 0.307. The predicted molar refractivity (Wildman–Crippen MR) is 113 cm³/mol. The molecule has 0 saturated carbocycles. The van der Waals surface area contributed by atoms with E-state index in [1.807, 2.05) is 61.5 Å². The lowest BCUT2D eigenvalue weighted by Gasteiger charge is -2.08. The summed E-state index contributed by atoms with van der Waals surface area (Å²) in [6, 6.07) is 20.6. The Morgan fingerprint density at radius 3 is 2.64 bits per heavy atom. The van der Waals surface area contributed by atoms with E-state index < -0.39 is 0 Å². The number of hydrogen-bond acceptors (Lipinski definition) is 3. The highest BCUT2D eigenvalue weighted by Crippen LogP contribution is 2.28. The van der Waals surface area contributed by atoms with Gasteiger partial charge in [0.1, 0.15) is 5.52 Å². The van der Waals surface area contributed by atoms with Gasteiger partial charge in [-0.3, -0.25) is 4.79 Å². The molecule has 0 spiro atoms. The van der Waals surface area contributed by atoms with Crippen LogP contribution in [-0.4, -0.2) is 10.9 Å². The molecule has 28 heavy (non-hydrogen) atoms. The molecule has 1 amide bonds. The van der Waals surface area contributed by atoms with Gasteiger partial charge in [0.15, 0.2) is 5.58 Å². The van der Waals surface area contributed by atoms with Gasteiger partial charge in [0.2, 0.25) is 11.8 Å². The Labute approximate surface area is 167 Å². The number of benzene rings is 3. The summed E-state index contributed by atoms with van der Waals surface area (Å²) in [6.45, 7) is 1.94. The van der Waals surface area contributed by atoms with E-state index in [2.05, 4.69) is 10.3 Å². The summed E-state index contributed by atoms with van der Waals surface area (Å²) in [6.07, 6.45) is 3.24. The van der Waals surface area contributed by atoms with Crippen molar-refractivity contribution in [1.82, 2.24) is 4.98 Å². The SMILES string of the molecule is Cc1ccc(-c2nc3ccccc3o2)cc1NC(=O)/C=C/c1ccc(Cl)cc1. The highest BCUT2D eigenvalue weighted by atomic mass is 35.5.